The lowest BCUT2D eigenvalue weighted by Crippen LogP contribution is -2.52. The van der Waals surface area contributed by atoms with Crippen molar-refractivity contribution in [2.45, 2.75) is 37.1 Å². The van der Waals surface area contributed by atoms with Crippen LogP contribution in [0.2, 0.25) is 0 Å². The number of fused-ring (bicyclic) bond motifs is 1. The van der Waals surface area contributed by atoms with Crippen LogP contribution in [-0.2, 0) is 16.4 Å². The number of rotatable bonds is 6. The SMILES string of the molecule is CC[C@@H](CO)N1CCN(S(=O)(=O)c2ccc(C(=O)N3CCCc4ccccc43)cc2)CC1. The zero-order chi connectivity index (χ0) is 22.7. The van der Waals surface area contributed by atoms with Gasteiger partial charge in [-0.15, -0.1) is 0 Å². The van der Waals surface area contributed by atoms with Crippen LogP contribution in [0.5, 0.6) is 0 Å². The molecule has 2 aromatic rings. The molecule has 4 rings (SSSR count). The molecule has 1 fully saturated rings. The van der Waals surface area contributed by atoms with E-state index in [0.717, 1.165) is 30.5 Å². The molecule has 1 N–H and O–H groups in total. The third-order valence-electron chi connectivity index (χ3n) is 6.57. The molecule has 1 saturated heterocycles. The highest BCUT2D eigenvalue weighted by Gasteiger charge is 2.31. The fourth-order valence-electron chi connectivity index (χ4n) is 4.63. The largest absolute Gasteiger partial charge is 0.395 e. The lowest BCUT2D eigenvalue weighted by Gasteiger charge is -2.37. The smallest absolute Gasteiger partial charge is 0.258 e. The van der Waals surface area contributed by atoms with E-state index in [1.807, 2.05) is 31.2 Å². The van der Waals surface area contributed by atoms with Gasteiger partial charge in [0.2, 0.25) is 10.0 Å². The van der Waals surface area contributed by atoms with E-state index in [2.05, 4.69) is 4.90 Å². The molecule has 2 aromatic carbocycles. The van der Waals surface area contributed by atoms with Crippen LogP contribution in [-0.4, -0.2) is 74.0 Å². The molecule has 172 valence electrons. The van der Waals surface area contributed by atoms with E-state index in [1.54, 1.807) is 17.0 Å². The van der Waals surface area contributed by atoms with Gasteiger partial charge < -0.3 is 10.0 Å². The van der Waals surface area contributed by atoms with Gasteiger partial charge in [0.1, 0.15) is 0 Å². The van der Waals surface area contributed by atoms with Crippen LogP contribution in [0.1, 0.15) is 35.7 Å². The van der Waals surface area contributed by atoms with E-state index < -0.39 is 10.0 Å². The first kappa shape index (κ1) is 22.9. The first-order valence-electron chi connectivity index (χ1n) is 11.3. The first-order chi connectivity index (χ1) is 15.5. The number of aliphatic hydroxyl groups is 1. The second-order valence-corrected chi connectivity index (χ2v) is 10.3. The van der Waals surface area contributed by atoms with E-state index in [1.165, 1.54) is 16.4 Å². The maximum absolute atomic E-state index is 13.1. The number of aliphatic hydroxyl groups excluding tert-OH is 1. The molecular weight excluding hydrogens is 426 g/mol. The van der Waals surface area contributed by atoms with Crippen LogP contribution < -0.4 is 4.90 Å². The number of carbonyl (C=O) groups is 1. The molecule has 7 nitrogen and oxygen atoms in total. The lowest BCUT2D eigenvalue weighted by atomic mass is 10.0. The number of piperazine rings is 1. The number of anilines is 1. The molecule has 0 spiro atoms. The highest BCUT2D eigenvalue weighted by Crippen LogP contribution is 2.28. The molecule has 8 heteroatoms. The van der Waals surface area contributed by atoms with Gasteiger partial charge in [0.15, 0.2) is 0 Å². The maximum atomic E-state index is 13.1. The van der Waals surface area contributed by atoms with Gasteiger partial charge in [0, 0.05) is 50.0 Å². The van der Waals surface area contributed by atoms with Gasteiger partial charge in [-0.05, 0) is 55.2 Å². The standard InChI is InChI=1S/C24H31N3O4S/c1-2-21(18-28)25-14-16-26(17-15-25)32(30,31)22-11-9-20(10-12-22)24(29)27-13-5-7-19-6-3-4-8-23(19)27/h3-4,6,8-12,21,28H,2,5,7,13-18H2,1H3/t21-/m0/s1. The number of nitrogens with zero attached hydrogens (tertiary/aromatic N) is 3. The summed E-state index contributed by atoms with van der Waals surface area (Å²) in [5.41, 5.74) is 2.59. The quantitative estimate of drug-likeness (QED) is 0.720. The lowest BCUT2D eigenvalue weighted by molar-refractivity contribution is 0.0881. The van der Waals surface area contributed by atoms with Gasteiger partial charge in [-0.3, -0.25) is 9.69 Å². The van der Waals surface area contributed by atoms with Gasteiger partial charge in [0.25, 0.3) is 5.91 Å². The zero-order valence-electron chi connectivity index (χ0n) is 18.5. The number of hydrogen-bond acceptors (Lipinski definition) is 5. The summed E-state index contributed by atoms with van der Waals surface area (Å²) in [5.74, 6) is -0.107. The molecule has 2 aliphatic heterocycles. The van der Waals surface area contributed by atoms with Gasteiger partial charge >= 0.3 is 0 Å². The Morgan fingerprint density at radius 1 is 1.00 bits per heavy atom. The van der Waals surface area contributed by atoms with E-state index in [-0.39, 0.29) is 23.5 Å². The first-order valence-corrected chi connectivity index (χ1v) is 12.7. The Morgan fingerprint density at radius 3 is 2.34 bits per heavy atom. The van der Waals surface area contributed by atoms with Gasteiger partial charge in [0.05, 0.1) is 11.5 Å². The average molecular weight is 458 g/mol. The normalized spacial score (nSPS) is 18.9. The molecule has 0 radical (unpaired) electrons. The van der Waals surface area contributed by atoms with Crippen molar-refractivity contribution in [2.24, 2.45) is 0 Å². The minimum Gasteiger partial charge on any atom is -0.395 e. The van der Waals surface area contributed by atoms with Crippen molar-refractivity contribution in [1.82, 2.24) is 9.21 Å². The van der Waals surface area contributed by atoms with Gasteiger partial charge in [-0.25, -0.2) is 8.42 Å². The fourth-order valence-corrected chi connectivity index (χ4v) is 6.05. The Labute approximate surface area is 190 Å². The summed E-state index contributed by atoms with van der Waals surface area (Å²) in [7, 11) is -3.62. The Balaban J connectivity index is 1.46. The van der Waals surface area contributed by atoms with Crippen LogP contribution in [0.25, 0.3) is 0 Å². The predicted molar refractivity (Wildman–Crippen MR) is 124 cm³/mol. The van der Waals surface area contributed by atoms with Gasteiger partial charge in [-0.1, -0.05) is 25.1 Å². The number of carbonyl (C=O) groups excluding carboxylic acids is 1. The number of sulfonamides is 1. The van der Waals surface area contributed by atoms with Crippen molar-refractivity contribution >= 4 is 21.6 Å². The monoisotopic (exact) mass is 457 g/mol. The molecule has 0 aromatic heterocycles. The van der Waals surface area contributed by atoms with Gasteiger partial charge in [-0.2, -0.15) is 4.31 Å². The van der Waals surface area contributed by atoms with Crippen LogP contribution in [0.15, 0.2) is 53.4 Å². The number of aryl methyl sites for hydroxylation is 1. The van der Waals surface area contributed by atoms with Crippen molar-refractivity contribution in [3.63, 3.8) is 0 Å². The van der Waals surface area contributed by atoms with E-state index in [4.69, 9.17) is 0 Å². The molecule has 2 aliphatic rings. The molecule has 2 heterocycles. The molecule has 1 amide bonds. The van der Waals surface area contributed by atoms with E-state index in [0.29, 0.717) is 38.3 Å². The van der Waals surface area contributed by atoms with E-state index in [9.17, 15) is 18.3 Å². The molecule has 0 aliphatic carbocycles. The molecular formula is C24H31N3O4S. The summed E-state index contributed by atoms with van der Waals surface area (Å²) in [5, 5.41) is 9.50. The van der Waals surface area contributed by atoms with Crippen molar-refractivity contribution in [3.8, 4) is 0 Å². The highest BCUT2D eigenvalue weighted by molar-refractivity contribution is 7.89. The molecule has 0 saturated carbocycles. The second kappa shape index (κ2) is 9.70. The number of benzene rings is 2. The third kappa shape index (κ3) is 4.45. The predicted octanol–water partition coefficient (Wildman–Crippen LogP) is 2.36. The topological polar surface area (TPSA) is 81.2 Å². The Hall–Kier alpha value is -2.26. The molecule has 32 heavy (non-hydrogen) atoms. The summed E-state index contributed by atoms with van der Waals surface area (Å²) >= 11 is 0. The summed E-state index contributed by atoms with van der Waals surface area (Å²) in [6.45, 7) is 4.75. The molecule has 1 atom stereocenters. The zero-order valence-corrected chi connectivity index (χ0v) is 19.3. The maximum Gasteiger partial charge on any atom is 0.258 e. The number of amides is 1. The third-order valence-corrected chi connectivity index (χ3v) is 8.48. The van der Waals surface area contributed by atoms with Crippen LogP contribution >= 0.6 is 0 Å². The number of para-hydroxylation sites is 1. The number of hydrogen-bond donors (Lipinski definition) is 1. The summed E-state index contributed by atoms with van der Waals surface area (Å²) < 4.78 is 27.7. The summed E-state index contributed by atoms with van der Waals surface area (Å²) in [6.07, 6.45) is 2.71. The van der Waals surface area contributed by atoms with Crippen molar-refractivity contribution in [1.29, 1.82) is 0 Å². The Morgan fingerprint density at radius 2 is 1.69 bits per heavy atom. The molecule has 0 bridgehead atoms. The Bertz CT molecular complexity index is 1040. The van der Waals surface area contributed by atoms with Crippen LogP contribution in [0.3, 0.4) is 0 Å². The average Bonchev–Trinajstić information content (AvgIpc) is 2.84. The summed E-state index contributed by atoms with van der Waals surface area (Å²) in [4.78, 5) is 17.3. The summed E-state index contributed by atoms with van der Waals surface area (Å²) in [6, 6.07) is 14.3. The minimum absolute atomic E-state index is 0.0741. The van der Waals surface area contributed by atoms with Crippen molar-refractivity contribution in [3.05, 3.63) is 59.7 Å². The van der Waals surface area contributed by atoms with E-state index >= 15 is 0 Å². The van der Waals surface area contributed by atoms with Crippen molar-refractivity contribution in [2.75, 3.05) is 44.2 Å². The molecule has 0 unspecified atom stereocenters. The fraction of sp³-hybridized carbons (Fsp3) is 0.458. The van der Waals surface area contributed by atoms with Crippen LogP contribution in [0.4, 0.5) is 5.69 Å². The van der Waals surface area contributed by atoms with Crippen molar-refractivity contribution < 1.29 is 18.3 Å². The highest BCUT2D eigenvalue weighted by atomic mass is 32.2. The van der Waals surface area contributed by atoms with Crippen LogP contribution in [0, 0.1) is 0 Å². The second-order valence-electron chi connectivity index (χ2n) is 8.40. The minimum atomic E-state index is -3.62. The Kier molecular flexibility index (Phi) is 6.95.